The van der Waals surface area contributed by atoms with Crippen molar-refractivity contribution in [3.63, 3.8) is 0 Å². The highest BCUT2D eigenvalue weighted by molar-refractivity contribution is 7.84. The Kier molecular flexibility index (Phi) is 5.40. The van der Waals surface area contributed by atoms with E-state index in [1.54, 1.807) is 11.8 Å². The predicted molar refractivity (Wildman–Crippen MR) is 112 cm³/mol. The van der Waals surface area contributed by atoms with Crippen LogP contribution in [-0.4, -0.2) is 25.8 Å². The van der Waals surface area contributed by atoms with Crippen LogP contribution >= 0.6 is 0 Å². The number of nitrogens with one attached hydrogen (secondary N) is 1. The summed E-state index contributed by atoms with van der Waals surface area (Å²) in [6.45, 7) is 7.95. The smallest absolute Gasteiger partial charge is 0.134 e. The highest BCUT2D eigenvalue weighted by atomic mass is 32.2. The molecule has 5 nitrogen and oxygen atoms in total. The first-order valence-electron chi connectivity index (χ1n) is 8.99. The van der Waals surface area contributed by atoms with E-state index in [0.717, 1.165) is 33.2 Å². The van der Waals surface area contributed by atoms with Crippen LogP contribution in [0, 0.1) is 0 Å². The second-order valence-electron chi connectivity index (χ2n) is 7.72. The van der Waals surface area contributed by atoms with Gasteiger partial charge in [-0.3, -0.25) is 4.68 Å². The first kappa shape index (κ1) is 19.6. The van der Waals surface area contributed by atoms with Crippen molar-refractivity contribution in [2.75, 3.05) is 7.11 Å². The second-order valence-corrected chi connectivity index (χ2v) is 9.71. The standard InChI is InChI=1S/C21H27N3O2S/c1-14(23-27(25)21(2,3)4)18-11-19(15-12-22-24(5)13-15)20(26-6)17-10-8-7-9-16(17)18/h7-14,23H,1-6H3. The minimum atomic E-state index is -1.16. The van der Waals surface area contributed by atoms with E-state index in [9.17, 15) is 4.21 Å². The maximum absolute atomic E-state index is 12.6. The molecule has 0 aliphatic rings. The van der Waals surface area contributed by atoms with E-state index in [0.29, 0.717) is 0 Å². The van der Waals surface area contributed by atoms with Gasteiger partial charge in [0.1, 0.15) is 5.75 Å². The molecule has 1 aromatic heterocycles. The van der Waals surface area contributed by atoms with E-state index in [2.05, 4.69) is 28.0 Å². The number of aryl methyl sites for hydroxylation is 1. The quantitative estimate of drug-likeness (QED) is 0.710. The van der Waals surface area contributed by atoms with Gasteiger partial charge in [0, 0.05) is 35.8 Å². The number of fused-ring (bicyclic) bond motifs is 1. The molecule has 2 unspecified atom stereocenters. The van der Waals surface area contributed by atoms with Crippen molar-refractivity contribution in [1.29, 1.82) is 0 Å². The monoisotopic (exact) mass is 385 g/mol. The zero-order valence-electron chi connectivity index (χ0n) is 16.7. The molecule has 6 heteroatoms. The number of nitrogens with zero attached hydrogens (tertiary/aromatic N) is 2. The maximum atomic E-state index is 12.6. The lowest BCUT2D eigenvalue weighted by atomic mass is 9.94. The Hall–Kier alpha value is -2.18. The van der Waals surface area contributed by atoms with Crippen LogP contribution in [0.5, 0.6) is 5.75 Å². The molecule has 2 aromatic carbocycles. The molecule has 0 radical (unpaired) electrons. The molecule has 0 amide bonds. The summed E-state index contributed by atoms with van der Waals surface area (Å²) in [5.74, 6) is 0.825. The zero-order valence-corrected chi connectivity index (χ0v) is 17.6. The van der Waals surface area contributed by atoms with Gasteiger partial charge in [-0.05, 0) is 44.7 Å². The van der Waals surface area contributed by atoms with Crippen LogP contribution in [-0.2, 0) is 18.0 Å². The summed E-state index contributed by atoms with van der Waals surface area (Å²) < 4.78 is 23.1. The lowest BCUT2D eigenvalue weighted by molar-refractivity contribution is 0.421. The molecule has 0 saturated heterocycles. The molecule has 1 heterocycles. The number of rotatable bonds is 5. The number of aromatic nitrogens is 2. The van der Waals surface area contributed by atoms with Gasteiger partial charge in [0.15, 0.2) is 0 Å². The van der Waals surface area contributed by atoms with Crippen LogP contribution in [0.15, 0.2) is 42.7 Å². The van der Waals surface area contributed by atoms with E-state index in [1.165, 1.54) is 0 Å². The maximum Gasteiger partial charge on any atom is 0.134 e. The van der Waals surface area contributed by atoms with E-state index >= 15 is 0 Å². The van der Waals surface area contributed by atoms with Gasteiger partial charge in [-0.25, -0.2) is 8.93 Å². The third kappa shape index (κ3) is 3.92. The molecule has 0 saturated carbocycles. The fourth-order valence-corrected chi connectivity index (χ4v) is 3.93. The molecule has 0 aliphatic carbocycles. The van der Waals surface area contributed by atoms with E-state index in [-0.39, 0.29) is 10.8 Å². The average molecular weight is 386 g/mol. The SMILES string of the molecule is COc1c(-c2cnn(C)c2)cc(C(C)NS(=O)C(C)(C)C)c2ccccc12. The molecule has 0 bridgehead atoms. The van der Waals surface area contributed by atoms with E-state index < -0.39 is 11.0 Å². The number of hydrogen-bond donors (Lipinski definition) is 1. The van der Waals surface area contributed by atoms with Gasteiger partial charge in [-0.1, -0.05) is 24.3 Å². The van der Waals surface area contributed by atoms with Crippen LogP contribution in [0.1, 0.15) is 39.3 Å². The largest absolute Gasteiger partial charge is 0.495 e. The summed E-state index contributed by atoms with van der Waals surface area (Å²) in [5.41, 5.74) is 3.06. The third-order valence-electron chi connectivity index (χ3n) is 4.55. The number of benzene rings is 2. The van der Waals surface area contributed by atoms with Crippen LogP contribution < -0.4 is 9.46 Å². The Balaban J connectivity index is 2.19. The first-order valence-corrected chi connectivity index (χ1v) is 10.1. The minimum absolute atomic E-state index is 0.0868. The second kappa shape index (κ2) is 7.44. The lowest BCUT2D eigenvalue weighted by Gasteiger charge is -2.24. The molecule has 0 spiro atoms. The number of ether oxygens (including phenoxy) is 1. The van der Waals surface area contributed by atoms with Crippen molar-refractivity contribution in [2.45, 2.75) is 38.5 Å². The number of methoxy groups -OCH3 is 1. The van der Waals surface area contributed by atoms with E-state index in [4.69, 9.17) is 4.74 Å². The molecule has 0 fully saturated rings. The predicted octanol–water partition coefficient (Wildman–Crippen LogP) is 4.36. The van der Waals surface area contributed by atoms with Gasteiger partial charge in [0.25, 0.3) is 0 Å². The molecular weight excluding hydrogens is 358 g/mol. The molecule has 3 aromatic rings. The van der Waals surface area contributed by atoms with Crippen molar-refractivity contribution in [1.82, 2.24) is 14.5 Å². The van der Waals surface area contributed by atoms with Crippen molar-refractivity contribution < 1.29 is 8.95 Å². The lowest BCUT2D eigenvalue weighted by Crippen LogP contribution is -2.34. The van der Waals surface area contributed by atoms with Crippen molar-refractivity contribution in [3.8, 4) is 16.9 Å². The van der Waals surface area contributed by atoms with Crippen molar-refractivity contribution in [3.05, 3.63) is 48.3 Å². The van der Waals surface area contributed by atoms with E-state index in [1.807, 2.05) is 59.3 Å². The summed E-state index contributed by atoms with van der Waals surface area (Å²) >= 11 is 0. The van der Waals surface area contributed by atoms with Crippen molar-refractivity contribution >= 4 is 21.8 Å². The fraction of sp³-hybridized carbons (Fsp3) is 0.381. The van der Waals surface area contributed by atoms with Crippen LogP contribution in [0.25, 0.3) is 21.9 Å². The van der Waals surface area contributed by atoms with Crippen LogP contribution in [0.3, 0.4) is 0 Å². The molecule has 2 atom stereocenters. The Morgan fingerprint density at radius 3 is 2.44 bits per heavy atom. The Bertz CT molecular complexity index is 989. The summed E-state index contributed by atoms with van der Waals surface area (Å²) in [5, 5.41) is 6.43. The summed E-state index contributed by atoms with van der Waals surface area (Å²) in [6, 6.07) is 10.2. The molecule has 144 valence electrons. The topological polar surface area (TPSA) is 56.1 Å². The highest BCUT2D eigenvalue weighted by Gasteiger charge is 2.24. The minimum Gasteiger partial charge on any atom is -0.495 e. The van der Waals surface area contributed by atoms with Gasteiger partial charge in [-0.15, -0.1) is 0 Å². The Morgan fingerprint density at radius 2 is 1.89 bits per heavy atom. The van der Waals surface area contributed by atoms with Crippen LogP contribution in [0.4, 0.5) is 0 Å². The molecule has 1 N–H and O–H groups in total. The van der Waals surface area contributed by atoms with Crippen LogP contribution in [0.2, 0.25) is 0 Å². The average Bonchev–Trinajstić information content (AvgIpc) is 3.05. The molecule has 3 rings (SSSR count). The number of hydrogen-bond acceptors (Lipinski definition) is 3. The van der Waals surface area contributed by atoms with Gasteiger partial charge in [0.2, 0.25) is 0 Å². The summed E-state index contributed by atoms with van der Waals surface area (Å²) in [7, 11) is 2.43. The zero-order chi connectivity index (χ0) is 19.8. The Labute approximate surface area is 163 Å². The summed E-state index contributed by atoms with van der Waals surface area (Å²) in [6.07, 6.45) is 3.81. The fourth-order valence-electron chi connectivity index (χ4n) is 3.13. The van der Waals surface area contributed by atoms with Crippen molar-refractivity contribution in [2.24, 2.45) is 7.05 Å². The van der Waals surface area contributed by atoms with Gasteiger partial charge in [0.05, 0.1) is 29.0 Å². The Morgan fingerprint density at radius 1 is 1.22 bits per heavy atom. The molecule has 0 aliphatic heterocycles. The summed E-state index contributed by atoms with van der Waals surface area (Å²) in [4.78, 5) is 0. The molecular formula is C21H27N3O2S. The van der Waals surface area contributed by atoms with Gasteiger partial charge < -0.3 is 4.74 Å². The third-order valence-corrected chi connectivity index (χ3v) is 6.23. The van der Waals surface area contributed by atoms with Gasteiger partial charge in [-0.2, -0.15) is 5.10 Å². The highest BCUT2D eigenvalue weighted by Crippen LogP contribution is 2.40. The molecule has 27 heavy (non-hydrogen) atoms. The first-order chi connectivity index (χ1) is 12.7. The normalized spacial score (nSPS) is 14.3. The van der Waals surface area contributed by atoms with Gasteiger partial charge >= 0.3 is 0 Å².